The molecule has 0 saturated heterocycles. The fraction of sp³-hybridized carbons (Fsp3) is 0.0769. The first-order chi connectivity index (χ1) is 15.2. The molecule has 0 aliphatic carbocycles. The van der Waals surface area contributed by atoms with Gasteiger partial charge in [0.1, 0.15) is 0 Å². The van der Waals surface area contributed by atoms with E-state index in [1.54, 1.807) is 11.3 Å². The van der Waals surface area contributed by atoms with Gasteiger partial charge in [-0.15, -0.1) is 11.3 Å². The van der Waals surface area contributed by atoms with E-state index in [1.165, 1.54) is 11.3 Å². The summed E-state index contributed by atoms with van der Waals surface area (Å²) in [5.74, 6) is -0.0359. The van der Waals surface area contributed by atoms with E-state index in [1.807, 2.05) is 60.8 Å². The molecule has 0 saturated carbocycles. The minimum Gasteiger partial charge on any atom is -0.326 e. The zero-order valence-electron chi connectivity index (χ0n) is 17.1. The van der Waals surface area contributed by atoms with Crippen molar-refractivity contribution in [2.24, 2.45) is 0 Å². The summed E-state index contributed by atoms with van der Waals surface area (Å²) in [6.07, 6.45) is 2.37. The Kier molecular flexibility index (Phi) is 5.10. The molecule has 0 unspecified atom stereocenters. The topological polar surface area (TPSA) is 46.4 Å². The van der Waals surface area contributed by atoms with Crippen LogP contribution in [0.5, 0.6) is 0 Å². The molecule has 152 valence electrons. The van der Waals surface area contributed by atoms with Crippen LogP contribution in [0.4, 0.5) is 5.69 Å². The van der Waals surface area contributed by atoms with Gasteiger partial charge in [0.25, 0.3) is 0 Å². The van der Waals surface area contributed by atoms with Gasteiger partial charge in [0, 0.05) is 28.5 Å². The molecule has 0 fully saturated rings. The highest BCUT2D eigenvalue weighted by molar-refractivity contribution is 7.15. The van der Waals surface area contributed by atoms with Gasteiger partial charge in [-0.05, 0) is 35.7 Å². The number of thiazole rings is 1. The van der Waals surface area contributed by atoms with Gasteiger partial charge in [-0.1, -0.05) is 66.7 Å². The average Bonchev–Trinajstić information content (AvgIpc) is 3.37. The third kappa shape index (κ3) is 4.13. The van der Waals surface area contributed by atoms with Gasteiger partial charge in [0.2, 0.25) is 5.91 Å². The van der Waals surface area contributed by atoms with Crippen molar-refractivity contribution in [1.82, 2.24) is 9.38 Å². The molecule has 31 heavy (non-hydrogen) atoms. The lowest BCUT2D eigenvalue weighted by molar-refractivity contribution is -0.115. The molecule has 0 radical (unpaired) electrons. The van der Waals surface area contributed by atoms with Gasteiger partial charge in [-0.2, -0.15) is 0 Å². The van der Waals surface area contributed by atoms with Crippen molar-refractivity contribution < 1.29 is 4.79 Å². The second-order valence-electron chi connectivity index (χ2n) is 7.52. The van der Waals surface area contributed by atoms with Crippen LogP contribution in [0.2, 0.25) is 0 Å². The van der Waals surface area contributed by atoms with Crippen LogP contribution in [-0.4, -0.2) is 15.3 Å². The number of aromatic nitrogens is 2. The molecule has 0 spiro atoms. The maximum absolute atomic E-state index is 12.6. The Morgan fingerprint density at radius 1 is 0.935 bits per heavy atom. The van der Waals surface area contributed by atoms with Crippen molar-refractivity contribution in [1.29, 1.82) is 0 Å². The Morgan fingerprint density at radius 2 is 1.68 bits per heavy atom. The quantitative estimate of drug-likeness (QED) is 0.365. The Hall–Kier alpha value is -3.70. The fourth-order valence-corrected chi connectivity index (χ4v) is 4.48. The maximum Gasteiger partial charge on any atom is 0.228 e. The number of hydrogen-bond acceptors (Lipinski definition) is 3. The minimum atomic E-state index is -0.0359. The summed E-state index contributed by atoms with van der Waals surface area (Å²) in [6, 6.07) is 26.2. The normalized spacial score (nSPS) is 11.0. The fourth-order valence-electron chi connectivity index (χ4n) is 3.63. The lowest BCUT2D eigenvalue weighted by atomic mass is 10.0. The van der Waals surface area contributed by atoms with Gasteiger partial charge >= 0.3 is 0 Å². The average molecular weight is 424 g/mol. The van der Waals surface area contributed by atoms with Gasteiger partial charge in [-0.25, -0.2) is 4.98 Å². The maximum atomic E-state index is 12.6. The molecular formula is C26H21N3OS. The summed E-state index contributed by atoms with van der Waals surface area (Å²) in [5.41, 5.74) is 7.14. The standard InChI is InChI=1S/C26H21N3OS/c1-18-17-31-26-28-24(16-29(18)26)22-8-5-9-23(15-22)27-25(30)14-19-10-12-21(13-11-19)20-6-3-2-4-7-20/h2-13,15-17H,14H2,1H3,(H,27,30). The number of rotatable bonds is 5. The SMILES string of the molecule is Cc1csc2nc(-c3cccc(NC(=O)Cc4ccc(-c5ccccc5)cc4)c3)cn12. The summed E-state index contributed by atoms with van der Waals surface area (Å²) >= 11 is 1.63. The molecule has 0 aliphatic rings. The number of nitrogens with one attached hydrogen (secondary N) is 1. The van der Waals surface area contributed by atoms with E-state index in [-0.39, 0.29) is 5.91 Å². The highest BCUT2D eigenvalue weighted by Crippen LogP contribution is 2.25. The number of amides is 1. The van der Waals surface area contributed by atoms with Crippen LogP contribution >= 0.6 is 11.3 Å². The van der Waals surface area contributed by atoms with Crippen LogP contribution in [0.1, 0.15) is 11.3 Å². The first kappa shape index (κ1) is 19.3. The summed E-state index contributed by atoms with van der Waals surface area (Å²) in [4.78, 5) is 18.3. The Labute approximate surface area is 184 Å². The summed E-state index contributed by atoms with van der Waals surface area (Å²) in [5, 5.41) is 5.11. The number of nitrogens with zero attached hydrogens (tertiary/aromatic N) is 2. The van der Waals surface area contributed by atoms with E-state index in [0.717, 1.165) is 33.0 Å². The van der Waals surface area contributed by atoms with E-state index < -0.39 is 0 Å². The van der Waals surface area contributed by atoms with Crippen molar-refractivity contribution in [2.75, 3.05) is 5.32 Å². The van der Waals surface area contributed by atoms with Gasteiger partial charge < -0.3 is 5.32 Å². The highest BCUT2D eigenvalue weighted by Gasteiger charge is 2.10. The zero-order chi connectivity index (χ0) is 21.2. The van der Waals surface area contributed by atoms with Crippen LogP contribution in [0.25, 0.3) is 27.3 Å². The van der Waals surface area contributed by atoms with Gasteiger partial charge in [0.05, 0.1) is 12.1 Å². The second-order valence-corrected chi connectivity index (χ2v) is 8.36. The summed E-state index contributed by atoms with van der Waals surface area (Å²) in [6.45, 7) is 2.07. The molecule has 1 amide bonds. The molecular weight excluding hydrogens is 402 g/mol. The van der Waals surface area contributed by atoms with Crippen molar-refractivity contribution in [3.8, 4) is 22.4 Å². The molecule has 5 heteroatoms. The first-order valence-corrected chi connectivity index (χ1v) is 11.0. The van der Waals surface area contributed by atoms with Crippen LogP contribution in [0, 0.1) is 6.92 Å². The molecule has 1 N–H and O–H groups in total. The predicted octanol–water partition coefficient (Wildman–Crippen LogP) is 6.22. The number of fused-ring (bicyclic) bond motifs is 1. The minimum absolute atomic E-state index is 0.0359. The summed E-state index contributed by atoms with van der Waals surface area (Å²) in [7, 11) is 0. The Bertz CT molecular complexity index is 1350. The van der Waals surface area contributed by atoms with Crippen molar-refractivity contribution >= 4 is 27.9 Å². The molecule has 5 aromatic rings. The smallest absolute Gasteiger partial charge is 0.228 e. The number of benzene rings is 3. The molecule has 0 bridgehead atoms. The molecule has 5 rings (SSSR count). The van der Waals surface area contributed by atoms with Crippen molar-refractivity contribution in [3.63, 3.8) is 0 Å². The molecule has 0 atom stereocenters. The van der Waals surface area contributed by atoms with E-state index in [0.29, 0.717) is 6.42 Å². The van der Waals surface area contributed by atoms with E-state index in [9.17, 15) is 4.79 Å². The molecule has 2 aromatic heterocycles. The van der Waals surface area contributed by atoms with Crippen molar-refractivity contribution in [2.45, 2.75) is 13.3 Å². The number of carbonyl (C=O) groups is 1. The van der Waals surface area contributed by atoms with Crippen LogP contribution < -0.4 is 5.32 Å². The molecule has 4 nitrogen and oxygen atoms in total. The lowest BCUT2D eigenvalue weighted by Gasteiger charge is -2.08. The predicted molar refractivity (Wildman–Crippen MR) is 127 cm³/mol. The number of carbonyl (C=O) groups excluding carboxylic acids is 1. The first-order valence-electron chi connectivity index (χ1n) is 10.1. The van der Waals surface area contributed by atoms with E-state index >= 15 is 0 Å². The Balaban J connectivity index is 1.28. The molecule has 0 aliphatic heterocycles. The van der Waals surface area contributed by atoms with E-state index in [4.69, 9.17) is 4.98 Å². The number of aryl methyl sites for hydroxylation is 1. The lowest BCUT2D eigenvalue weighted by Crippen LogP contribution is -2.14. The third-order valence-electron chi connectivity index (χ3n) is 5.26. The number of anilines is 1. The molecule has 3 aromatic carbocycles. The largest absolute Gasteiger partial charge is 0.326 e. The van der Waals surface area contributed by atoms with Crippen LogP contribution in [0.3, 0.4) is 0 Å². The zero-order valence-corrected chi connectivity index (χ0v) is 17.9. The van der Waals surface area contributed by atoms with Gasteiger partial charge in [-0.3, -0.25) is 9.20 Å². The van der Waals surface area contributed by atoms with Gasteiger partial charge in [0.15, 0.2) is 4.96 Å². The third-order valence-corrected chi connectivity index (χ3v) is 6.21. The van der Waals surface area contributed by atoms with Crippen LogP contribution in [0.15, 0.2) is 90.4 Å². The number of imidazole rings is 1. The van der Waals surface area contributed by atoms with Crippen molar-refractivity contribution in [3.05, 3.63) is 102 Å². The van der Waals surface area contributed by atoms with E-state index in [2.05, 4.69) is 46.3 Å². The number of hydrogen-bond donors (Lipinski definition) is 1. The summed E-state index contributed by atoms with van der Waals surface area (Å²) < 4.78 is 2.09. The Morgan fingerprint density at radius 3 is 2.45 bits per heavy atom. The van der Waals surface area contributed by atoms with Crippen LogP contribution in [-0.2, 0) is 11.2 Å². The monoisotopic (exact) mass is 423 g/mol. The second kappa shape index (κ2) is 8.20. The molecule has 2 heterocycles. The highest BCUT2D eigenvalue weighted by atomic mass is 32.1.